The van der Waals surface area contributed by atoms with Gasteiger partial charge in [-0.2, -0.15) is 13.2 Å². The van der Waals surface area contributed by atoms with Crippen molar-refractivity contribution in [2.24, 2.45) is 0 Å². The van der Waals surface area contributed by atoms with E-state index in [2.05, 4.69) is 10.2 Å². The molecule has 0 spiro atoms. The zero-order chi connectivity index (χ0) is 15.2. The van der Waals surface area contributed by atoms with E-state index in [0.717, 1.165) is 12.3 Å². The van der Waals surface area contributed by atoms with Crippen molar-refractivity contribution >= 4 is 22.9 Å². The van der Waals surface area contributed by atoms with Crippen LogP contribution in [0.25, 0.3) is 17.0 Å². The Morgan fingerprint density at radius 3 is 2.52 bits per heavy atom. The molecule has 0 aliphatic heterocycles. The van der Waals surface area contributed by atoms with E-state index >= 15 is 0 Å². The molecule has 0 saturated carbocycles. The van der Waals surface area contributed by atoms with Crippen molar-refractivity contribution in [3.8, 4) is 11.4 Å². The smallest absolute Gasteiger partial charge is 0.398 e. The third-order valence-electron chi connectivity index (χ3n) is 3.00. The van der Waals surface area contributed by atoms with Crippen molar-refractivity contribution in [3.05, 3.63) is 47.1 Å². The first-order valence-electron chi connectivity index (χ1n) is 5.84. The van der Waals surface area contributed by atoms with Gasteiger partial charge in [-0.15, -0.1) is 10.2 Å². The first-order valence-corrected chi connectivity index (χ1v) is 6.22. The van der Waals surface area contributed by atoms with E-state index in [1.165, 1.54) is 10.5 Å². The lowest BCUT2D eigenvalue weighted by atomic mass is 10.1. The number of benzene rings is 1. The Morgan fingerprint density at radius 1 is 1.10 bits per heavy atom. The zero-order valence-corrected chi connectivity index (χ0v) is 11.2. The summed E-state index contributed by atoms with van der Waals surface area (Å²) in [6.07, 6.45) is -3.53. The fourth-order valence-electron chi connectivity index (χ4n) is 2.01. The summed E-state index contributed by atoms with van der Waals surface area (Å²) in [5.74, 6) is 0.166. The molecule has 2 heterocycles. The van der Waals surface area contributed by atoms with E-state index in [-0.39, 0.29) is 11.5 Å². The van der Waals surface area contributed by atoms with Crippen LogP contribution in [0.15, 0.2) is 36.5 Å². The summed E-state index contributed by atoms with van der Waals surface area (Å²) in [4.78, 5) is 0. The number of rotatable bonds is 1. The predicted molar refractivity (Wildman–Crippen MR) is 72.8 cm³/mol. The highest BCUT2D eigenvalue weighted by molar-refractivity contribution is 6.33. The third-order valence-corrected chi connectivity index (χ3v) is 3.31. The maximum Gasteiger partial charge on any atom is 0.417 e. The molecule has 21 heavy (non-hydrogen) atoms. The van der Waals surface area contributed by atoms with Crippen molar-refractivity contribution in [1.29, 1.82) is 0 Å². The van der Waals surface area contributed by atoms with Gasteiger partial charge in [0.05, 0.1) is 16.1 Å². The molecule has 0 aliphatic carbocycles. The molecule has 108 valence electrons. The van der Waals surface area contributed by atoms with Gasteiger partial charge in [-0.3, -0.25) is 4.40 Å². The van der Waals surface area contributed by atoms with Gasteiger partial charge >= 0.3 is 6.18 Å². The fraction of sp³-hybridized carbons (Fsp3) is 0.0769. The van der Waals surface area contributed by atoms with Gasteiger partial charge in [0.1, 0.15) is 0 Å². The van der Waals surface area contributed by atoms with Gasteiger partial charge < -0.3 is 5.73 Å². The summed E-state index contributed by atoms with van der Waals surface area (Å²) < 4.78 is 39.7. The second kappa shape index (κ2) is 4.63. The Bertz CT molecular complexity index is 806. The van der Waals surface area contributed by atoms with E-state index in [1.807, 2.05) is 0 Å². The van der Waals surface area contributed by atoms with E-state index in [9.17, 15) is 13.2 Å². The van der Waals surface area contributed by atoms with E-state index < -0.39 is 11.7 Å². The number of nitrogen functional groups attached to an aromatic ring is 1. The van der Waals surface area contributed by atoms with E-state index in [0.29, 0.717) is 16.3 Å². The minimum absolute atomic E-state index is 0.166. The highest BCUT2D eigenvalue weighted by Gasteiger charge is 2.31. The van der Waals surface area contributed by atoms with Crippen LogP contribution in [0.3, 0.4) is 0 Å². The molecule has 0 atom stereocenters. The highest BCUT2D eigenvalue weighted by atomic mass is 35.5. The van der Waals surface area contributed by atoms with Crippen LogP contribution in [0.5, 0.6) is 0 Å². The number of nitrogens with zero attached hydrogens (tertiary/aromatic N) is 3. The van der Waals surface area contributed by atoms with E-state index in [1.54, 1.807) is 18.2 Å². The number of aromatic nitrogens is 3. The van der Waals surface area contributed by atoms with Gasteiger partial charge in [-0.25, -0.2) is 0 Å². The van der Waals surface area contributed by atoms with Gasteiger partial charge in [0.15, 0.2) is 11.5 Å². The average Bonchev–Trinajstić information content (AvgIpc) is 2.81. The summed E-state index contributed by atoms with van der Waals surface area (Å²) in [5.41, 5.74) is 5.98. The number of anilines is 1. The number of pyridine rings is 1. The standard InChI is InChI=1S/C13H8ClF3N4/c14-8-2-1-3-9(18)11(8)12-20-19-10-5-4-7(6-21(10)12)13(15,16)17/h1-6H,18H2. The monoisotopic (exact) mass is 312 g/mol. The Balaban J connectivity index is 2.29. The average molecular weight is 313 g/mol. The van der Waals surface area contributed by atoms with Crippen LogP contribution >= 0.6 is 11.6 Å². The lowest BCUT2D eigenvalue weighted by Gasteiger charge is -2.09. The number of nitrogens with two attached hydrogens (primary N) is 1. The molecule has 0 saturated heterocycles. The molecule has 2 N–H and O–H groups in total. The first kappa shape index (κ1) is 13.7. The predicted octanol–water partition coefficient (Wildman–Crippen LogP) is 3.65. The van der Waals surface area contributed by atoms with Crippen molar-refractivity contribution in [1.82, 2.24) is 14.6 Å². The Labute approximate surface area is 122 Å². The van der Waals surface area contributed by atoms with Gasteiger partial charge in [-0.1, -0.05) is 17.7 Å². The quantitative estimate of drug-likeness (QED) is 0.698. The molecule has 0 aliphatic rings. The Morgan fingerprint density at radius 2 is 1.86 bits per heavy atom. The lowest BCUT2D eigenvalue weighted by Crippen LogP contribution is -2.06. The summed E-state index contributed by atoms with van der Waals surface area (Å²) in [6.45, 7) is 0. The molecule has 8 heteroatoms. The number of hydrogen-bond acceptors (Lipinski definition) is 3. The normalized spacial score (nSPS) is 12.0. The molecule has 0 unspecified atom stereocenters. The highest BCUT2D eigenvalue weighted by Crippen LogP contribution is 2.34. The number of fused-ring (bicyclic) bond motifs is 1. The molecule has 0 bridgehead atoms. The van der Waals surface area contributed by atoms with Crippen molar-refractivity contribution in [2.75, 3.05) is 5.73 Å². The molecule has 0 fully saturated rings. The van der Waals surface area contributed by atoms with Gasteiger partial charge in [0.2, 0.25) is 0 Å². The summed E-state index contributed by atoms with van der Waals surface area (Å²) >= 11 is 6.07. The third kappa shape index (κ3) is 2.29. The summed E-state index contributed by atoms with van der Waals surface area (Å²) in [5, 5.41) is 8.02. The topological polar surface area (TPSA) is 56.2 Å². The molecule has 3 rings (SSSR count). The van der Waals surface area contributed by atoms with Crippen molar-refractivity contribution < 1.29 is 13.2 Å². The van der Waals surface area contributed by atoms with Crippen molar-refractivity contribution in [3.63, 3.8) is 0 Å². The van der Waals surface area contributed by atoms with Crippen LogP contribution in [-0.2, 0) is 6.18 Å². The van der Waals surface area contributed by atoms with E-state index in [4.69, 9.17) is 17.3 Å². The largest absolute Gasteiger partial charge is 0.417 e. The maximum absolute atomic E-state index is 12.8. The van der Waals surface area contributed by atoms with Crippen LogP contribution in [0.4, 0.5) is 18.9 Å². The maximum atomic E-state index is 12.8. The van der Waals surface area contributed by atoms with Crippen LogP contribution in [-0.4, -0.2) is 14.6 Å². The summed E-state index contributed by atoms with van der Waals surface area (Å²) in [6, 6.07) is 7.01. The van der Waals surface area contributed by atoms with Gasteiger partial charge in [0, 0.05) is 11.9 Å². The SMILES string of the molecule is Nc1cccc(Cl)c1-c1nnc2ccc(C(F)(F)F)cn12. The molecule has 3 aromatic rings. The van der Waals surface area contributed by atoms with Crippen LogP contribution in [0, 0.1) is 0 Å². The molecule has 2 aromatic heterocycles. The Hall–Kier alpha value is -2.28. The number of hydrogen-bond donors (Lipinski definition) is 1. The van der Waals surface area contributed by atoms with Gasteiger partial charge in [-0.05, 0) is 24.3 Å². The van der Waals surface area contributed by atoms with Crippen LogP contribution < -0.4 is 5.73 Å². The first-order chi connectivity index (χ1) is 9.88. The molecular weight excluding hydrogens is 305 g/mol. The molecule has 4 nitrogen and oxygen atoms in total. The van der Waals surface area contributed by atoms with Crippen molar-refractivity contribution in [2.45, 2.75) is 6.18 Å². The lowest BCUT2D eigenvalue weighted by molar-refractivity contribution is -0.137. The van der Waals surface area contributed by atoms with Crippen LogP contribution in [0.1, 0.15) is 5.56 Å². The number of alkyl halides is 3. The fourth-order valence-corrected chi connectivity index (χ4v) is 2.27. The van der Waals surface area contributed by atoms with Crippen LogP contribution in [0.2, 0.25) is 5.02 Å². The molecule has 0 amide bonds. The second-order valence-electron chi connectivity index (χ2n) is 4.37. The number of halogens is 4. The minimum Gasteiger partial charge on any atom is -0.398 e. The summed E-state index contributed by atoms with van der Waals surface area (Å²) in [7, 11) is 0. The Kier molecular flexibility index (Phi) is 3.02. The second-order valence-corrected chi connectivity index (χ2v) is 4.78. The molecular formula is C13H8ClF3N4. The molecule has 1 aromatic carbocycles. The molecule has 0 radical (unpaired) electrons. The van der Waals surface area contributed by atoms with Gasteiger partial charge in [0.25, 0.3) is 0 Å². The minimum atomic E-state index is -4.46. The zero-order valence-electron chi connectivity index (χ0n) is 10.4.